The third-order valence-corrected chi connectivity index (χ3v) is 3.15. The Morgan fingerprint density at radius 2 is 1.80 bits per heavy atom. The summed E-state index contributed by atoms with van der Waals surface area (Å²) in [6.45, 7) is 0.350. The topological polar surface area (TPSA) is 12.0 Å². The van der Waals surface area contributed by atoms with E-state index in [1.807, 2.05) is 24.3 Å². The minimum absolute atomic E-state index is 0.221. The summed E-state index contributed by atoms with van der Waals surface area (Å²) < 4.78 is 51.7. The second-order valence-electron chi connectivity index (χ2n) is 4.18. The van der Waals surface area contributed by atoms with Crippen LogP contribution in [0.1, 0.15) is 11.1 Å². The smallest absolute Gasteiger partial charge is 0.381 e. The first-order chi connectivity index (χ1) is 9.36. The van der Waals surface area contributed by atoms with Crippen LogP contribution >= 0.6 is 15.9 Å². The van der Waals surface area contributed by atoms with Crippen LogP contribution in [0, 0.1) is 5.82 Å². The molecule has 0 aliphatic rings. The second-order valence-corrected chi connectivity index (χ2v) is 5.09. The molecular formula is C14H10BrF4N. The normalized spacial score (nSPS) is 11.4. The van der Waals surface area contributed by atoms with Crippen molar-refractivity contribution in [2.24, 2.45) is 0 Å². The molecule has 0 radical (unpaired) electrons. The molecule has 2 rings (SSSR count). The lowest BCUT2D eigenvalue weighted by molar-refractivity contribution is -0.139. The first kappa shape index (κ1) is 14.8. The third kappa shape index (κ3) is 3.72. The summed E-state index contributed by atoms with van der Waals surface area (Å²) in [5.41, 5.74) is -0.146. The van der Waals surface area contributed by atoms with Gasteiger partial charge in [-0.25, -0.2) is 4.39 Å². The molecule has 2 aromatic rings. The summed E-state index contributed by atoms with van der Waals surface area (Å²) >= 11 is 3.31. The van der Waals surface area contributed by atoms with Gasteiger partial charge in [0.25, 0.3) is 0 Å². The predicted molar refractivity (Wildman–Crippen MR) is 72.9 cm³/mol. The zero-order chi connectivity index (χ0) is 14.8. The van der Waals surface area contributed by atoms with Gasteiger partial charge in [-0.3, -0.25) is 0 Å². The van der Waals surface area contributed by atoms with Crippen LogP contribution in [0.25, 0.3) is 0 Å². The van der Waals surface area contributed by atoms with Crippen molar-refractivity contribution in [1.82, 2.24) is 0 Å². The molecule has 0 saturated heterocycles. The molecule has 0 heterocycles. The fourth-order valence-electron chi connectivity index (χ4n) is 1.70. The molecule has 0 bridgehead atoms. The molecule has 0 amide bonds. The van der Waals surface area contributed by atoms with Gasteiger partial charge in [0.05, 0.1) is 5.56 Å². The number of alkyl halides is 3. The van der Waals surface area contributed by atoms with Gasteiger partial charge in [0.2, 0.25) is 0 Å². The molecule has 0 aromatic heterocycles. The van der Waals surface area contributed by atoms with Crippen molar-refractivity contribution in [3.05, 3.63) is 63.9 Å². The zero-order valence-electron chi connectivity index (χ0n) is 10.1. The van der Waals surface area contributed by atoms with E-state index in [-0.39, 0.29) is 5.69 Å². The SMILES string of the molecule is Fc1ccc(NCc2cccc(Br)c2)cc1C(F)(F)F. The number of hydrogen-bond donors (Lipinski definition) is 1. The first-order valence-electron chi connectivity index (χ1n) is 5.71. The molecule has 6 heteroatoms. The van der Waals surface area contributed by atoms with Crippen molar-refractivity contribution in [3.63, 3.8) is 0 Å². The lowest BCUT2D eigenvalue weighted by atomic mass is 10.1. The van der Waals surface area contributed by atoms with E-state index in [1.54, 1.807) is 0 Å². The van der Waals surface area contributed by atoms with Gasteiger partial charge in [-0.05, 0) is 35.9 Å². The minimum Gasteiger partial charge on any atom is -0.381 e. The van der Waals surface area contributed by atoms with E-state index < -0.39 is 17.6 Å². The zero-order valence-corrected chi connectivity index (χ0v) is 11.7. The van der Waals surface area contributed by atoms with E-state index in [0.717, 1.165) is 22.2 Å². The van der Waals surface area contributed by atoms with Crippen LogP contribution in [-0.2, 0) is 12.7 Å². The standard InChI is InChI=1S/C14H10BrF4N/c15-10-3-1-2-9(6-10)8-20-11-4-5-13(16)12(7-11)14(17,18)19/h1-7,20H,8H2. The molecule has 106 valence electrons. The molecule has 0 fully saturated rings. The summed E-state index contributed by atoms with van der Waals surface area (Å²) in [6, 6.07) is 10.2. The summed E-state index contributed by atoms with van der Waals surface area (Å²) in [6.07, 6.45) is -4.70. The van der Waals surface area contributed by atoms with Crippen molar-refractivity contribution in [1.29, 1.82) is 0 Å². The highest BCUT2D eigenvalue weighted by atomic mass is 79.9. The van der Waals surface area contributed by atoms with Crippen molar-refractivity contribution >= 4 is 21.6 Å². The Labute approximate surface area is 121 Å². The van der Waals surface area contributed by atoms with E-state index in [1.165, 1.54) is 6.07 Å². The molecule has 20 heavy (non-hydrogen) atoms. The molecule has 1 nitrogen and oxygen atoms in total. The Morgan fingerprint density at radius 3 is 2.45 bits per heavy atom. The van der Waals surface area contributed by atoms with Crippen LogP contribution in [0.4, 0.5) is 23.2 Å². The van der Waals surface area contributed by atoms with Crippen molar-refractivity contribution in [2.45, 2.75) is 12.7 Å². The number of nitrogens with one attached hydrogen (secondary N) is 1. The van der Waals surface area contributed by atoms with Gasteiger partial charge in [-0.15, -0.1) is 0 Å². The van der Waals surface area contributed by atoms with E-state index in [9.17, 15) is 17.6 Å². The van der Waals surface area contributed by atoms with Gasteiger partial charge in [0, 0.05) is 16.7 Å². The maximum absolute atomic E-state index is 13.1. The molecule has 1 N–H and O–H groups in total. The number of halogens is 5. The molecule has 0 atom stereocenters. The van der Waals surface area contributed by atoms with E-state index >= 15 is 0 Å². The predicted octanol–water partition coefficient (Wildman–Crippen LogP) is 5.22. The number of anilines is 1. The van der Waals surface area contributed by atoms with Crippen LogP contribution in [0.5, 0.6) is 0 Å². The Kier molecular flexibility index (Phi) is 4.32. The highest BCUT2D eigenvalue weighted by Crippen LogP contribution is 2.33. The highest BCUT2D eigenvalue weighted by molar-refractivity contribution is 9.10. The maximum atomic E-state index is 13.1. The van der Waals surface area contributed by atoms with E-state index in [4.69, 9.17) is 0 Å². The minimum atomic E-state index is -4.70. The molecule has 0 unspecified atom stereocenters. The van der Waals surface area contributed by atoms with Crippen molar-refractivity contribution in [2.75, 3.05) is 5.32 Å². The molecule has 0 aliphatic carbocycles. The summed E-state index contributed by atoms with van der Waals surface area (Å²) in [7, 11) is 0. The monoisotopic (exact) mass is 347 g/mol. The Balaban J connectivity index is 2.14. The van der Waals surface area contributed by atoms with E-state index in [2.05, 4.69) is 21.2 Å². The Hall–Kier alpha value is -1.56. The molecular weight excluding hydrogens is 338 g/mol. The van der Waals surface area contributed by atoms with Gasteiger partial charge in [0.15, 0.2) is 0 Å². The quantitative estimate of drug-likeness (QED) is 0.750. The summed E-state index contributed by atoms with van der Waals surface area (Å²) in [4.78, 5) is 0. The fourth-order valence-corrected chi connectivity index (χ4v) is 2.15. The average Bonchev–Trinajstić information content (AvgIpc) is 2.36. The van der Waals surface area contributed by atoms with Gasteiger partial charge in [-0.2, -0.15) is 13.2 Å². The first-order valence-corrected chi connectivity index (χ1v) is 6.50. The summed E-state index contributed by atoms with van der Waals surface area (Å²) in [5, 5.41) is 2.84. The van der Waals surface area contributed by atoms with Crippen LogP contribution in [-0.4, -0.2) is 0 Å². The average molecular weight is 348 g/mol. The number of benzene rings is 2. The van der Waals surface area contributed by atoms with E-state index in [0.29, 0.717) is 6.54 Å². The highest BCUT2D eigenvalue weighted by Gasteiger charge is 2.34. The van der Waals surface area contributed by atoms with Gasteiger partial charge < -0.3 is 5.32 Å². The third-order valence-electron chi connectivity index (χ3n) is 2.66. The lowest BCUT2D eigenvalue weighted by Crippen LogP contribution is -2.09. The van der Waals surface area contributed by atoms with Gasteiger partial charge in [0.1, 0.15) is 5.82 Å². The maximum Gasteiger partial charge on any atom is 0.419 e. The number of hydrogen-bond acceptors (Lipinski definition) is 1. The van der Waals surface area contributed by atoms with Crippen LogP contribution in [0.2, 0.25) is 0 Å². The molecule has 0 spiro atoms. The van der Waals surface area contributed by atoms with Gasteiger partial charge >= 0.3 is 6.18 Å². The van der Waals surface area contributed by atoms with Crippen molar-refractivity contribution < 1.29 is 17.6 Å². The van der Waals surface area contributed by atoms with Crippen LogP contribution in [0.15, 0.2) is 46.9 Å². The molecule has 0 aliphatic heterocycles. The van der Waals surface area contributed by atoms with Crippen LogP contribution in [0.3, 0.4) is 0 Å². The summed E-state index contributed by atoms with van der Waals surface area (Å²) in [5.74, 6) is -1.27. The molecule has 2 aromatic carbocycles. The second kappa shape index (κ2) is 5.83. The van der Waals surface area contributed by atoms with Crippen LogP contribution < -0.4 is 5.32 Å². The van der Waals surface area contributed by atoms with Gasteiger partial charge in [-0.1, -0.05) is 28.1 Å². The van der Waals surface area contributed by atoms with Crippen molar-refractivity contribution in [3.8, 4) is 0 Å². The lowest BCUT2D eigenvalue weighted by Gasteiger charge is -2.12. The Morgan fingerprint density at radius 1 is 1.05 bits per heavy atom. The fraction of sp³-hybridized carbons (Fsp3) is 0.143. The largest absolute Gasteiger partial charge is 0.419 e. The number of rotatable bonds is 3. The molecule has 0 saturated carbocycles. The Bertz CT molecular complexity index is 610.